The van der Waals surface area contributed by atoms with Gasteiger partial charge < -0.3 is 10.6 Å². The quantitative estimate of drug-likeness (QED) is 0.768. The Morgan fingerprint density at radius 3 is 2.88 bits per heavy atom. The Morgan fingerprint density at radius 2 is 2.17 bits per heavy atom. The van der Waals surface area contributed by atoms with Gasteiger partial charge in [-0.05, 0) is 30.7 Å². The Morgan fingerprint density at radius 1 is 1.38 bits per heavy atom. The highest BCUT2D eigenvalue weighted by Crippen LogP contribution is 2.14. The fraction of sp³-hybridized carbons (Fsp3) is 0.400. The summed E-state index contributed by atoms with van der Waals surface area (Å²) in [4.78, 5) is 24.7. The zero-order chi connectivity index (χ0) is 17.5. The van der Waals surface area contributed by atoms with Crippen LogP contribution in [-0.4, -0.2) is 44.6 Å². The molecule has 0 saturated heterocycles. The number of nitrogens with one attached hydrogen (secondary N) is 2. The predicted octanol–water partition coefficient (Wildman–Crippen LogP) is 0.510. The Bertz CT molecular complexity index is 717. The summed E-state index contributed by atoms with van der Waals surface area (Å²) >= 11 is 0. The standard InChI is InChI=1S/C15H19FN6O2/c1-3-7-17-15(24)10(2)18-13(23)9-22-20-14(19-21-22)11-5-4-6-12(16)8-11/h4-6,8,10H,3,7,9H2,1-2H3,(H,17,24)(H,18,23)/t10-/m1/s1. The summed E-state index contributed by atoms with van der Waals surface area (Å²) in [6.45, 7) is 3.90. The van der Waals surface area contributed by atoms with Gasteiger partial charge in [0.2, 0.25) is 17.6 Å². The first kappa shape index (κ1) is 17.5. The van der Waals surface area contributed by atoms with Gasteiger partial charge in [0.05, 0.1) is 0 Å². The highest BCUT2D eigenvalue weighted by molar-refractivity contribution is 5.87. The van der Waals surface area contributed by atoms with Gasteiger partial charge in [-0.1, -0.05) is 19.1 Å². The van der Waals surface area contributed by atoms with Gasteiger partial charge in [0, 0.05) is 12.1 Å². The number of benzene rings is 1. The molecular formula is C15H19FN6O2. The number of tetrazole rings is 1. The second-order valence-electron chi connectivity index (χ2n) is 5.23. The third-order valence-electron chi connectivity index (χ3n) is 3.14. The maximum Gasteiger partial charge on any atom is 0.244 e. The molecule has 1 aromatic carbocycles. The maximum absolute atomic E-state index is 13.2. The molecule has 0 aliphatic carbocycles. The molecule has 2 amide bonds. The molecule has 0 aliphatic rings. The lowest BCUT2D eigenvalue weighted by atomic mass is 10.2. The minimum absolute atomic E-state index is 0.187. The number of rotatable bonds is 7. The van der Waals surface area contributed by atoms with Crippen molar-refractivity contribution in [2.75, 3.05) is 6.54 Å². The number of hydrogen-bond donors (Lipinski definition) is 2. The van der Waals surface area contributed by atoms with E-state index in [1.165, 1.54) is 18.2 Å². The fourth-order valence-electron chi connectivity index (χ4n) is 1.94. The van der Waals surface area contributed by atoms with Crippen molar-refractivity contribution >= 4 is 11.8 Å². The van der Waals surface area contributed by atoms with Crippen LogP contribution in [0.5, 0.6) is 0 Å². The minimum atomic E-state index is -0.657. The molecule has 1 atom stereocenters. The smallest absolute Gasteiger partial charge is 0.244 e. The highest BCUT2D eigenvalue weighted by Gasteiger charge is 2.16. The van der Waals surface area contributed by atoms with Crippen LogP contribution in [0.3, 0.4) is 0 Å². The van der Waals surface area contributed by atoms with Crippen LogP contribution in [0.4, 0.5) is 4.39 Å². The Labute approximate surface area is 138 Å². The Hall–Kier alpha value is -2.84. The zero-order valence-electron chi connectivity index (χ0n) is 13.5. The van der Waals surface area contributed by atoms with Crippen LogP contribution in [-0.2, 0) is 16.1 Å². The minimum Gasteiger partial charge on any atom is -0.354 e. The van der Waals surface area contributed by atoms with E-state index in [2.05, 4.69) is 26.0 Å². The molecule has 2 rings (SSSR count). The molecule has 8 nitrogen and oxygen atoms in total. The molecule has 0 radical (unpaired) electrons. The van der Waals surface area contributed by atoms with Gasteiger partial charge in [-0.15, -0.1) is 10.2 Å². The van der Waals surface area contributed by atoms with Gasteiger partial charge in [-0.2, -0.15) is 4.80 Å². The number of amides is 2. The summed E-state index contributed by atoms with van der Waals surface area (Å²) in [6, 6.07) is 5.11. The summed E-state index contributed by atoms with van der Waals surface area (Å²) in [7, 11) is 0. The van der Waals surface area contributed by atoms with E-state index >= 15 is 0 Å². The van der Waals surface area contributed by atoms with Crippen molar-refractivity contribution < 1.29 is 14.0 Å². The lowest BCUT2D eigenvalue weighted by Gasteiger charge is -2.13. The van der Waals surface area contributed by atoms with Gasteiger partial charge in [-0.25, -0.2) is 4.39 Å². The second-order valence-corrected chi connectivity index (χ2v) is 5.23. The first-order valence-electron chi connectivity index (χ1n) is 7.60. The van der Waals surface area contributed by atoms with Crippen LogP contribution < -0.4 is 10.6 Å². The summed E-state index contributed by atoms with van der Waals surface area (Å²) in [5.74, 6) is -0.862. The predicted molar refractivity (Wildman–Crippen MR) is 84.1 cm³/mol. The molecule has 9 heteroatoms. The number of carbonyl (C=O) groups excluding carboxylic acids is 2. The molecule has 0 spiro atoms. The first-order valence-corrected chi connectivity index (χ1v) is 7.60. The molecule has 0 bridgehead atoms. The van der Waals surface area contributed by atoms with Crippen molar-refractivity contribution in [1.29, 1.82) is 0 Å². The van der Waals surface area contributed by atoms with E-state index in [0.717, 1.165) is 11.2 Å². The van der Waals surface area contributed by atoms with E-state index in [1.807, 2.05) is 6.92 Å². The van der Waals surface area contributed by atoms with Gasteiger partial charge in [0.15, 0.2) is 0 Å². The van der Waals surface area contributed by atoms with E-state index in [-0.39, 0.29) is 18.3 Å². The van der Waals surface area contributed by atoms with Crippen molar-refractivity contribution in [3.63, 3.8) is 0 Å². The van der Waals surface area contributed by atoms with Crippen molar-refractivity contribution in [3.05, 3.63) is 30.1 Å². The molecule has 1 heterocycles. The summed E-state index contributed by atoms with van der Waals surface area (Å²) in [6.07, 6.45) is 0.818. The average Bonchev–Trinajstić information content (AvgIpc) is 3.00. The van der Waals surface area contributed by atoms with Crippen LogP contribution in [0.2, 0.25) is 0 Å². The molecule has 2 aromatic rings. The third-order valence-corrected chi connectivity index (χ3v) is 3.14. The van der Waals surface area contributed by atoms with E-state index in [0.29, 0.717) is 12.1 Å². The number of carbonyl (C=O) groups is 2. The van der Waals surface area contributed by atoms with Crippen LogP contribution in [0.25, 0.3) is 11.4 Å². The monoisotopic (exact) mass is 334 g/mol. The number of nitrogens with zero attached hydrogens (tertiary/aromatic N) is 4. The highest BCUT2D eigenvalue weighted by atomic mass is 19.1. The number of aromatic nitrogens is 4. The largest absolute Gasteiger partial charge is 0.354 e. The van der Waals surface area contributed by atoms with Crippen LogP contribution in [0.15, 0.2) is 24.3 Å². The normalized spacial score (nSPS) is 11.8. The second kappa shape index (κ2) is 8.14. The van der Waals surface area contributed by atoms with Crippen LogP contribution >= 0.6 is 0 Å². The topological polar surface area (TPSA) is 102 Å². The van der Waals surface area contributed by atoms with Crippen LogP contribution in [0.1, 0.15) is 20.3 Å². The van der Waals surface area contributed by atoms with Gasteiger partial charge in [0.1, 0.15) is 18.4 Å². The molecule has 0 saturated carbocycles. The Balaban J connectivity index is 1.92. The Kier molecular flexibility index (Phi) is 5.94. The van der Waals surface area contributed by atoms with Gasteiger partial charge in [-0.3, -0.25) is 9.59 Å². The lowest BCUT2D eigenvalue weighted by Crippen LogP contribution is -2.46. The van der Waals surface area contributed by atoms with E-state index in [1.54, 1.807) is 13.0 Å². The van der Waals surface area contributed by atoms with Gasteiger partial charge in [0.25, 0.3) is 0 Å². The summed E-state index contributed by atoms with van der Waals surface area (Å²) < 4.78 is 13.2. The summed E-state index contributed by atoms with van der Waals surface area (Å²) in [5, 5.41) is 16.8. The molecule has 24 heavy (non-hydrogen) atoms. The van der Waals surface area contributed by atoms with Gasteiger partial charge >= 0.3 is 0 Å². The molecule has 0 unspecified atom stereocenters. The van der Waals surface area contributed by atoms with Crippen LogP contribution in [0, 0.1) is 5.82 Å². The summed E-state index contributed by atoms with van der Waals surface area (Å²) in [5.41, 5.74) is 0.467. The van der Waals surface area contributed by atoms with Crippen molar-refractivity contribution in [1.82, 2.24) is 30.8 Å². The number of hydrogen-bond acceptors (Lipinski definition) is 5. The lowest BCUT2D eigenvalue weighted by molar-refractivity contribution is -0.129. The molecule has 128 valence electrons. The van der Waals surface area contributed by atoms with E-state index in [4.69, 9.17) is 0 Å². The average molecular weight is 334 g/mol. The molecule has 1 aromatic heterocycles. The SMILES string of the molecule is CCCNC(=O)[C@@H](C)NC(=O)Cn1nnc(-c2cccc(F)c2)n1. The van der Waals surface area contributed by atoms with Crippen molar-refractivity contribution in [2.45, 2.75) is 32.9 Å². The molecule has 0 fully saturated rings. The number of halogens is 1. The zero-order valence-corrected chi connectivity index (χ0v) is 13.5. The maximum atomic E-state index is 13.2. The molecule has 0 aliphatic heterocycles. The van der Waals surface area contributed by atoms with E-state index < -0.39 is 17.8 Å². The molecule has 2 N–H and O–H groups in total. The van der Waals surface area contributed by atoms with E-state index in [9.17, 15) is 14.0 Å². The third kappa shape index (κ3) is 4.83. The molecular weight excluding hydrogens is 315 g/mol. The first-order chi connectivity index (χ1) is 11.5. The van der Waals surface area contributed by atoms with Crippen molar-refractivity contribution in [2.24, 2.45) is 0 Å². The fourth-order valence-corrected chi connectivity index (χ4v) is 1.94. The van der Waals surface area contributed by atoms with Crippen molar-refractivity contribution in [3.8, 4) is 11.4 Å².